The molecule has 35 heavy (non-hydrogen) atoms. The Morgan fingerprint density at radius 1 is 1.29 bits per heavy atom. The number of nitriles is 1. The molecule has 0 spiro atoms. The zero-order chi connectivity index (χ0) is 25.9. The van der Waals surface area contributed by atoms with Gasteiger partial charge in [0.05, 0.1) is 35.7 Å². The zero-order valence-electron chi connectivity index (χ0n) is 19.1. The summed E-state index contributed by atoms with van der Waals surface area (Å²) in [6, 6.07) is 11.5. The number of thiocarbonyl (C=S) groups is 1. The molecule has 3 N–H and O–H groups in total. The van der Waals surface area contributed by atoms with Gasteiger partial charge in [-0.25, -0.2) is 4.79 Å². The summed E-state index contributed by atoms with van der Waals surface area (Å²) in [5.74, 6) is -0.00390. The Labute approximate surface area is 212 Å². The van der Waals surface area contributed by atoms with Gasteiger partial charge in [0.2, 0.25) is 0 Å². The largest absolute Gasteiger partial charge is 0.495 e. The van der Waals surface area contributed by atoms with Crippen LogP contribution in [-0.4, -0.2) is 59.3 Å². The van der Waals surface area contributed by atoms with Crippen LogP contribution in [-0.2, 0) is 9.53 Å². The molecular formula is C23H23ClN4O6S. The van der Waals surface area contributed by atoms with Crippen molar-refractivity contribution in [3.8, 4) is 11.8 Å². The molecule has 184 valence electrons. The molecule has 0 bridgehead atoms. The van der Waals surface area contributed by atoms with Crippen molar-refractivity contribution < 1.29 is 29.3 Å². The summed E-state index contributed by atoms with van der Waals surface area (Å²) in [7, 11) is 1.43. The first-order chi connectivity index (χ1) is 16.5. The second-order valence-corrected chi connectivity index (χ2v) is 8.81. The van der Waals surface area contributed by atoms with E-state index < -0.39 is 30.9 Å². The van der Waals surface area contributed by atoms with Crippen LogP contribution in [0.1, 0.15) is 19.4 Å². The molecule has 2 amide bonds. The Bertz CT molecular complexity index is 1210. The fourth-order valence-electron chi connectivity index (χ4n) is 3.49. The Morgan fingerprint density at radius 3 is 2.60 bits per heavy atom. The molecule has 2 aromatic rings. The first kappa shape index (κ1) is 26.2. The molecule has 0 saturated carbocycles. The normalized spacial score (nSPS) is 15.6. The molecule has 1 saturated heterocycles. The lowest BCUT2D eigenvalue weighted by Gasteiger charge is -2.30. The van der Waals surface area contributed by atoms with E-state index in [1.54, 1.807) is 43.0 Å². The molecule has 0 radical (unpaired) electrons. The highest BCUT2D eigenvalue weighted by atomic mass is 35.5. The summed E-state index contributed by atoms with van der Waals surface area (Å²) < 4.78 is 10.1. The minimum Gasteiger partial charge on any atom is -0.495 e. The van der Waals surface area contributed by atoms with Crippen LogP contribution in [0.3, 0.4) is 0 Å². The van der Waals surface area contributed by atoms with Crippen LogP contribution in [0.2, 0.25) is 5.02 Å². The van der Waals surface area contributed by atoms with E-state index in [-0.39, 0.29) is 21.7 Å². The van der Waals surface area contributed by atoms with Gasteiger partial charge in [-0.3, -0.25) is 15.0 Å². The molecule has 1 atom stereocenters. The maximum atomic E-state index is 13.4. The van der Waals surface area contributed by atoms with Crippen molar-refractivity contribution in [2.75, 3.05) is 35.4 Å². The maximum absolute atomic E-state index is 13.4. The second kappa shape index (κ2) is 10.5. The number of nitrogens with zero attached hydrogens (tertiary/aromatic N) is 3. The summed E-state index contributed by atoms with van der Waals surface area (Å²) in [5.41, 5.74) is 0.319. The topological polar surface area (TPSA) is 135 Å². The number of halogens is 1. The number of carbonyl (C=O) groups excluding carboxylic acids is 2. The number of carbonyl (C=O) groups is 2. The summed E-state index contributed by atoms with van der Waals surface area (Å²) in [5, 5.41) is 30.3. The minimum absolute atomic E-state index is 0.175. The van der Waals surface area contributed by atoms with Crippen molar-refractivity contribution in [1.82, 2.24) is 0 Å². The van der Waals surface area contributed by atoms with E-state index in [2.05, 4.69) is 5.32 Å². The predicted molar refractivity (Wildman–Crippen MR) is 134 cm³/mol. The molecule has 1 fully saturated rings. The van der Waals surface area contributed by atoms with Gasteiger partial charge >= 0.3 is 6.09 Å². The second-order valence-electron chi connectivity index (χ2n) is 8.04. The van der Waals surface area contributed by atoms with E-state index in [1.165, 1.54) is 24.1 Å². The number of methoxy groups -OCH3 is 1. The first-order valence-corrected chi connectivity index (χ1v) is 11.1. The van der Waals surface area contributed by atoms with Gasteiger partial charge in [0.15, 0.2) is 5.11 Å². The Hall–Kier alpha value is -3.43. The number of benzene rings is 2. The molecule has 1 aliphatic heterocycles. The lowest BCUT2D eigenvalue weighted by molar-refractivity contribution is -0.120. The minimum atomic E-state index is -1.21. The summed E-state index contributed by atoms with van der Waals surface area (Å²) in [6.45, 7) is 2.45. The van der Waals surface area contributed by atoms with E-state index >= 15 is 0 Å². The SMILES string of the molecule is COc1cc(N2C(=O)C(C)(C)N(c3ccc(Cl)c(NC(=O)OCC(O)CO)c3)C2=S)ccc1C#N. The predicted octanol–water partition coefficient (Wildman–Crippen LogP) is 3.04. The molecule has 10 nitrogen and oxygen atoms in total. The van der Waals surface area contributed by atoms with Crippen molar-refractivity contribution >= 4 is 58.0 Å². The number of nitrogens with one attached hydrogen (secondary N) is 1. The third kappa shape index (κ3) is 5.16. The fourth-order valence-corrected chi connectivity index (χ4v) is 4.17. The van der Waals surface area contributed by atoms with E-state index in [0.29, 0.717) is 22.7 Å². The number of amides is 2. The van der Waals surface area contributed by atoms with Crippen LogP contribution in [0, 0.1) is 11.3 Å². The summed E-state index contributed by atoms with van der Waals surface area (Å²) >= 11 is 11.9. The van der Waals surface area contributed by atoms with Crippen molar-refractivity contribution in [2.45, 2.75) is 25.5 Å². The van der Waals surface area contributed by atoms with E-state index in [4.69, 9.17) is 38.4 Å². The number of anilines is 3. The number of rotatable bonds is 7. The maximum Gasteiger partial charge on any atom is 0.411 e. The lowest BCUT2D eigenvalue weighted by atomic mass is 10.0. The van der Waals surface area contributed by atoms with Gasteiger partial charge < -0.3 is 24.6 Å². The highest BCUT2D eigenvalue weighted by Crippen LogP contribution is 2.39. The molecule has 0 aromatic heterocycles. The van der Waals surface area contributed by atoms with Crippen LogP contribution in [0.25, 0.3) is 0 Å². The standard InChI is InChI=1S/C23H23ClN4O6S/c1-23(2)20(31)27(14-5-4-13(10-25)19(9-14)33-3)22(35)28(23)15-6-7-17(24)18(8-15)26-21(32)34-12-16(30)11-29/h4-9,16,29-30H,11-12H2,1-3H3,(H,26,32). The van der Waals surface area contributed by atoms with Gasteiger partial charge in [-0.2, -0.15) is 5.26 Å². The van der Waals surface area contributed by atoms with Crippen molar-refractivity contribution in [3.63, 3.8) is 0 Å². The van der Waals surface area contributed by atoms with E-state index in [1.807, 2.05) is 6.07 Å². The molecule has 0 aliphatic carbocycles. The first-order valence-electron chi connectivity index (χ1n) is 10.3. The Balaban J connectivity index is 1.93. The van der Waals surface area contributed by atoms with Crippen molar-refractivity contribution in [1.29, 1.82) is 5.26 Å². The van der Waals surface area contributed by atoms with Gasteiger partial charge in [0, 0.05) is 11.8 Å². The zero-order valence-corrected chi connectivity index (χ0v) is 20.7. The van der Waals surface area contributed by atoms with Crippen LogP contribution in [0.15, 0.2) is 36.4 Å². The molecule has 2 aromatic carbocycles. The number of hydrogen-bond donors (Lipinski definition) is 3. The molecule has 1 heterocycles. The highest BCUT2D eigenvalue weighted by Gasteiger charge is 2.50. The van der Waals surface area contributed by atoms with Crippen LogP contribution >= 0.6 is 23.8 Å². The Morgan fingerprint density at radius 2 is 1.97 bits per heavy atom. The quantitative estimate of drug-likeness (QED) is 0.472. The average Bonchev–Trinajstić information content (AvgIpc) is 3.01. The lowest BCUT2D eigenvalue weighted by Crippen LogP contribution is -2.44. The Kier molecular flexibility index (Phi) is 7.82. The number of aliphatic hydroxyl groups is 2. The van der Waals surface area contributed by atoms with Gasteiger partial charge in [0.1, 0.15) is 30.1 Å². The molecule has 1 aliphatic rings. The van der Waals surface area contributed by atoms with Crippen LogP contribution in [0.4, 0.5) is 21.9 Å². The van der Waals surface area contributed by atoms with Crippen LogP contribution in [0.5, 0.6) is 5.75 Å². The third-order valence-corrected chi connectivity index (χ3v) is 5.99. The smallest absolute Gasteiger partial charge is 0.411 e. The van der Waals surface area contributed by atoms with Gasteiger partial charge in [-0.1, -0.05) is 11.6 Å². The number of hydrogen-bond acceptors (Lipinski definition) is 8. The van der Waals surface area contributed by atoms with Gasteiger partial charge in [-0.05, 0) is 56.4 Å². The van der Waals surface area contributed by atoms with Crippen LogP contribution < -0.4 is 19.9 Å². The molecule has 3 rings (SSSR count). The number of ether oxygens (including phenoxy) is 2. The van der Waals surface area contributed by atoms with E-state index in [0.717, 1.165) is 0 Å². The molecule has 12 heteroatoms. The monoisotopic (exact) mass is 518 g/mol. The molecular weight excluding hydrogens is 496 g/mol. The van der Waals surface area contributed by atoms with E-state index in [9.17, 15) is 20.0 Å². The highest BCUT2D eigenvalue weighted by molar-refractivity contribution is 7.81. The fraction of sp³-hybridized carbons (Fsp3) is 0.304. The average molecular weight is 519 g/mol. The molecule has 1 unspecified atom stereocenters. The summed E-state index contributed by atoms with van der Waals surface area (Å²) in [4.78, 5) is 28.5. The summed E-state index contributed by atoms with van der Waals surface area (Å²) in [6.07, 6.45) is -2.09. The number of aliphatic hydroxyl groups excluding tert-OH is 2. The van der Waals surface area contributed by atoms with Crippen molar-refractivity contribution in [3.05, 3.63) is 47.0 Å². The van der Waals surface area contributed by atoms with Gasteiger partial charge in [0.25, 0.3) is 5.91 Å². The van der Waals surface area contributed by atoms with Gasteiger partial charge in [-0.15, -0.1) is 0 Å². The third-order valence-electron chi connectivity index (χ3n) is 5.29. The van der Waals surface area contributed by atoms with Crippen molar-refractivity contribution in [2.24, 2.45) is 0 Å².